The number of unbranched alkanes of at least 4 members (excludes halogenated alkanes) is 16. The van der Waals surface area contributed by atoms with Crippen LogP contribution < -0.4 is 0 Å². The minimum atomic E-state index is -4.39. The summed E-state index contributed by atoms with van der Waals surface area (Å²) in [6, 6.07) is 0. The van der Waals surface area contributed by atoms with Gasteiger partial charge in [-0.15, -0.1) is 0 Å². The van der Waals surface area contributed by atoms with Crippen LogP contribution in [0.5, 0.6) is 0 Å². The normalized spacial score (nSPS) is 14.2. The third kappa shape index (κ3) is 50.3. The molecular weight excluding hydrogens is 846 g/mol. The zero-order valence-corrected chi connectivity index (χ0v) is 43.5. The molecule has 0 saturated carbocycles. The summed E-state index contributed by atoms with van der Waals surface area (Å²) in [7, 11) is 1.45. The predicted octanol–water partition coefficient (Wildman–Crippen LogP) is 15.7. The van der Waals surface area contributed by atoms with Gasteiger partial charge in [0.15, 0.2) is 6.10 Å². The number of quaternary nitrogens is 1. The molecule has 2 atom stereocenters. The molecule has 0 aromatic carbocycles. The predicted molar refractivity (Wildman–Crippen MR) is 279 cm³/mol. The van der Waals surface area contributed by atoms with Gasteiger partial charge in [-0.25, -0.2) is 4.57 Å². The van der Waals surface area contributed by atoms with Gasteiger partial charge in [0.2, 0.25) is 0 Å². The molecule has 0 bridgehead atoms. The van der Waals surface area contributed by atoms with Crippen molar-refractivity contribution in [2.24, 2.45) is 0 Å². The monoisotopic (exact) mass is 943 g/mol. The van der Waals surface area contributed by atoms with E-state index < -0.39 is 26.5 Å². The zero-order valence-electron chi connectivity index (χ0n) is 42.6. The van der Waals surface area contributed by atoms with Crippen molar-refractivity contribution in [1.82, 2.24) is 0 Å². The number of carbonyl (C=O) groups is 2. The molecule has 9 nitrogen and oxygen atoms in total. The summed E-state index contributed by atoms with van der Waals surface area (Å²) in [5.74, 6) is -0.830. The second-order valence-corrected chi connectivity index (χ2v) is 19.6. The van der Waals surface area contributed by atoms with Crippen molar-refractivity contribution < 1.29 is 42.1 Å². The lowest BCUT2D eigenvalue weighted by Crippen LogP contribution is -2.37. The second-order valence-electron chi connectivity index (χ2n) is 18.2. The van der Waals surface area contributed by atoms with Crippen molar-refractivity contribution in [3.63, 3.8) is 0 Å². The van der Waals surface area contributed by atoms with Crippen LogP contribution in [-0.2, 0) is 32.7 Å². The molecule has 0 aromatic heterocycles. The standard InChI is InChI=1S/C56H96NO8P/c1-6-8-10-12-14-16-18-20-22-23-24-25-26-27-28-29-30-31-32-33-35-37-39-41-43-45-47-49-56(59)65-54(53-64-66(60,61)63-51-50-57(3,4)5)52-62-55(58)48-46-44-42-40-38-36-34-21-19-17-15-13-11-9-7-2/h8,10,14-17,20-22,24-25,27-28,30-31,34,54H,6-7,9,11-13,18-19,23,26,29,32-33,35-53H2,1-5H3/p+1/b10-8-,16-14-,17-15-,22-20-,25-24-,28-27-,31-30-,34-21-. The summed E-state index contributed by atoms with van der Waals surface area (Å²) < 4.78 is 34.4. The van der Waals surface area contributed by atoms with E-state index in [1.54, 1.807) is 0 Å². The Hall–Kier alpha value is -3.07. The number of esters is 2. The van der Waals surface area contributed by atoms with Crippen LogP contribution in [0.25, 0.3) is 0 Å². The third-order valence-corrected chi connectivity index (χ3v) is 11.6. The molecule has 0 saturated heterocycles. The van der Waals surface area contributed by atoms with Crippen molar-refractivity contribution in [1.29, 1.82) is 0 Å². The lowest BCUT2D eigenvalue weighted by atomic mass is 10.1. The van der Waals surface area contributed by atoms with Gasteiger partial charge in [-0.1, -0.05) is 182 Å². The van der Waals surface area contributed by atoms with E-state index in [0.717, 1.165) is 109 Å². The number of likely N-dealkylation sites (N-methyl/N-ethyl adjacent to an activating group) is 1. The fourth-order valence-corrected chi connectivity index (χ4v) is 7.32. The smallest absolute Gasteiger partial charge is 0.462 e. The Morgan fingerprint density at radius 3 is 1.29 bits per heavy atom. The summed E-state index contributed by atoms with van der Waals surface area (Å²) in [5.41, 5.74) is 0. The molecule has 0 aromatic rings. The van der Waals surface area contributed by atoms with Gasteiger partial charge in [0.1, 0.15) is 19.8 Å². The van der Waals surface area contributed by atoms with Crippen LogP contribution in [0.2, 0.25) is 0 Å². The molecule has 0 aliphatic carbocycles. The van der Waals surface area contributed by atoms with Gasteiger partial charge < -0.3 is 18.9 Å². The van der Waals surface area contributed by atoms with E-state index in [1.165, 1.54) is 51.4 Å². The molecular formula is C56H97NO8P+. The quantitative estimate of drug-likeness (QED) is 0.0211. The van der Waals surface area contributed by atoms with Crippen LogP contribution in [0.4, 0.5) is 0 Å². The number of nitrogens with zero attached hydrogens (tertiary/aromatic N) is 1. The minimum Gasteiger partial charge on any atom is -0.462 e. The Morgan fingerprint density at radius 2 is 0.864 bits per heavy atom. The largest absolute Gasteiger partial charge is 0.472 e. The van der Waals surface area contributed by atoms with E-state index in [9.17, 15) is 19.0 Å². The first-order valence-electron chi connectivity index (χ1n) is 26.0. The third-order valence-electron chi connectivity index (χ3n) is 10.6. The molecule has 0 spiro atoms. The Bertz CT molecular complexity index is 1440. The van der Waals surface area contributed by atoms with Crippen LogP contribution in [0.3, 0.4) is 0 Å². The molecule has 0 heterocycles. The number of phosphoric ester groups is 1. The van der Waals surface area contributed by atoms with E-state index >= 15 is 0 Å². The summed E-state index contributed by atoms with van der Waals surface area (Å²) in [6.07, 6.45) is 63.1. The number of allylic oxidation sites excluding steroid dienone is 16. The number of carbonyl (C=O) groups excluding carboxylic acids is 2. The number of ether oxygens (including phenoxy) is 2. The van der Waals surface area contributed by atoms with Gasteiger partial charge in [0.25, 0.3) is 0 Å². The molecule has 10 heteroatoms. The summed E-state index contributed by atoms with van der Waals surface area (Å²) in [5, 5.41) is 0. The summed E-state index contributed by atoms with van der Waals surface area (Å²) in [6.45, 7) is 4.25. The topological polar surface area (TPSA) is 108 Å². The zero-order chi connectivity index (χ0) is 48.5. The van der Waals surface area contributed by atoms with Crippen LogP contribution in [0, 0.1) is 0 Å². The Kier molecular flexibility index (Phi) is 44.8. The van der Waals surface area contributed by atoms with Crippen LogP contribution in [-0.4, -0.2) is 74.9 Å². The van der Waals surface area contributed by atoms with E-state index in [-0.39, 0.29) is 32.0 Å². The highest BCUT2D eigenvalue weighted by atomic mass is 31.2. The highest BCUT2D eigenvalue weighted by Gasteiger charge is 2.27. The van der Waals surface area contributed by atoms with E-state index in [1.807, 2.05) is 21.1 Å². The molecule has 2 unspecified atom stereocenters. The first-order chi connectivity index (χ1) is 32.0. The molecule has 378 valence electrons. The summed E-state index contributed by atoms with van der Waals surface area (Å²) in [4.78, 5) is 35.5. The maximum atomic E-state index is 12.8. The maximum Gasteiger partial charge on any atom is 0.472 e. The Balaban J connectivity index is 4.27. The van der Waals surface area contributed by atoms with Gasteiger partial charge >= 0.3 is 19.8 Å². The van der Waals surface area contributed by atoms with Crippen molar-refractivity contribution in [2.75, 3.05) is 47.5 Å². The average Bonchev–Trinajstić information content (AvgIpc) is 3.27. The fourth-order valence-electron chi connectivity index (χ4n) is 6.58. The number of hydrogen-bond donors (Lipinski definition) is 1. The summed E-state index contributed by atoms with van der Waals surface area (Å²) >= 11 is 0. The molecule has 66 heavy (non-hydrogen) atoms. The van der Waals surface area contributed by atoms with E-state index in [4.69, 9.17) is 18.5 Å². The van der Waals surface area contributed by atoms with Crippen molar-refractivity contribution in [2.45, 2.75) is 200 Å². The van der Waals surface area contributed by atoms with Gasteiger partial charge in [0.05, 0.1) is 27.7 Å². The lowest BCUT2D eigenvalue weighted by Gasteiger charge is -2.24. The molecule has 0 radical (unpaired) electrons. The first kappa shape index (κ1) is 62.9. The lowest BCUT2D eigenvalue weighted by molar-refractivity contribution is -0.870. The van der Waals surface area contributed by atoms with Crippen molar-refractivity contribution in [3.8, 4) is 0 Å². The van der Waals surface area contributed by atoms with E-state index in [0.29, 0.717) is 17.4 Å². The first-order valence-corrected chi connectivity index (χ1v) is 27.5. The van der Waals surface area contributed by atoms with Crippen molar-refractivity contribution >= 4 is 19.8 Å². The van der Waals surface area contributed by atoms with E-state index in [2.05, 4.69) is 111 Å². The fraction of sp³-hybridized carbons (Fsp3) is 0.679. The SMILES string of the molecule is CC/C=C\C/C=C\C/C=C\C/C=C\C/C=C\C/C=C\CCCCCCCCCCC(=O)OC(COC(=O)CCCCCCC/C=C\C/C=C\CCCCC)COP(=O)(O)OCC[N+](C)(C)C. The molecule has 0 aliphatic rings. The highest BCUT2D eigenvalue weighted by Crippen LogP contribution is 2.43. The highest BCUT2D eigenvalue weighted by molar-refractivity contribution is 7.47. The van der Waals surface area contributed by atoms with Gasteiger partial charge in [-0.3, -0.25) is 18.6 Å². The average molecular weight is 943 g/mol. The van der Waals surface area contributed by atoms with Crippen LogP contribution >= 0.6 is 7.82 Å². The van der Waals surface area contributed by atoms with Gasteiger partial charge in [-0.05, 0) is 96.3 Å². The number of rotatable bonds is 46. The molecule has 0 fully saturated rings. The number of hydrogen-bond acceptors (Lipinski definition) is 7. The molecule has 0 aliphatic heterocycles. The second kappa shape index (κ2) is 47.0. The Morgan fingerprint density at radius 1 is 0.485 bits per heavy atom. The van der Waals surface area contributed by atoms with Crippen LogP contribution in [0.15, 0.2) is 97.2 Å². The molecule has 0 amide bonds. The molecule has 1 N–H and O–H groups in total. The van der Waals surface area contributed by atoms with Crippen LogP contribution in [0.1, 0.15) is 194 Å². The van der Waals surface area contributed by atoms with Gasteiger partial charge in [0, 0.05) is 12.8 Å². The Labute approximate surface area is 404 Å². The number of phosphoric acid groups is 1. The van der Waals surface area contributed by atoms with Crippen molar-refractivity contribution in [3.05, 3.63) is 97.2 Å². The van der Waals surface area contributed by atoms with Gasteiger partial charge in [-0.2, -0.15) is 0 Å². The molecule has 0 rings (SSSR count). The maximum absolute atomic E-state index is 12.8. The minimum absolute atomic E-state index is 0.0224.